The van der Waals surface area contributed by atoms with Crippen LogP contribution in [0.1, 0.15) is 29.8 Å². The number of para-hydroxylation sites is 1. The largest absolute Gasteiger partial charge is 0.507 e. The Balaban J connectivity index is 1.72. The second-order valence-corrected chi connectivity index (χ2v) is 8.50. The first-order valence-corrected chi connectivity index (χ1v) is 11.2. The molecule has 1 aliphatic rings. The Bertz CT molecular complexity index is 1150. The van der Waals surface area contributed by atoms with Crippen molar-refractivity contribution in [2.45, 2.75) is 26.4 Å². The van der Waals surface area contributed by atoms with Crippen LogP contribution in [0, 0.1) is 12.7 Å². The van der Waals surface area contributed by atoms with Gasteiger partial charge in [-0.25, -0.2) is 4.39 Å². The van der Waals surface area contributed by atoms with Crippen LogP contribution in [0.2, 0.25) is 5.02 Å². The first-order chi connectivity index (χ1) is 15.4. The number of aryl methyl sites for hydroxylation is 1. The molecule has 5 nitrogen and oxygen atoms in total. The monoisotopic (exact) mass is 455 g/mol. The zero-order valence-corrected chi connectivity index (χ0v) is 19.0. The average molecular weight is 456 g/mol. The smallest absolute Gasteiger partial charge is 0.259 e. The van der Waals surface area contributed by atoms with Crippen molar-refractivity contribution in [3.63, 3.8) is 0 Å². The van der Waals surface area contributed by atoms with Crippen molar-refractivity contribution in [3.05, 3.63) is 92.6 Å². The summed E-state index contributed by atoms with van der Waals surface area (Å²) in [5.74, 6) is -0.245. The molecule has 2 aromatic carbocycles. The Labute approximate surface area is 192 Å². The minimum atomic E-state index is -0.430. The lowest BCUT2D eigenvalue weighted by Gasteiger charge is -2.40. The van der Waals surface area contributed by atoms with E-state index in [1.165, 1.54) is 6.07 Å². The van der Waals surface area contributed by atoms with Gasteiger partial charge in [-0.3, -0.25) is 9.69 Å². The number of nitrogens with zero attached hydrogens (tertiary/aromatic N) is 3. The average Bonchev–Trinajstić information content (AvgIpc) is 2.78. The highest BCUT2D eigenvalue weighted by atomic mass is 35.5. The number of rotatable bonds is 5. The molecule has 7 heteroatoms. The molecule has 1 atom stereocenters. The third-order valence-corrected chi connectivity index (χ3v) is 6.42. The molecule has 0 saturated carbocycles. The predicted molar refractivity (Wildman–Crippen MR) is 126 cm³/mol. The van der Waals surface area contributed by atoms with Crippen LogP contribution in [0.4, 0.5) is 10.1 Å². The summed E-state index contributed by atoms with van der Waals surface area (Å²) in [6.45, 7) is 6.70. The van der Waals surface area contributed by atoms with Gasteiger partial charge in [0.15, 0.2) is 0 Å². The molecule has 0 radical (unpaired) electrons. The van der Waals surface area contributed by atoms with Crippen LogP contribution in [-0.2, 0) is 6.54 Å². The van der Waals surface area contributed by atoms with Gasteiger partial charge in [-0.1, -0.05) is 35.9 Å². The van der Waals surface area contributed by atoms with Crippen LogP contribution in [0.15, 0.2) is 59.4 Å². The standard InChI is InChI=1S/C25H27ClFN3O2/c1-3-30-17(2)16-22(31)23(25(30)32)24(18-8-10-19(26)11-9-18)29-14-12-28(13-15-29)21-7-5-4-6-20(21)27/h4-11,16,24,31H,3,12-15H2,1-2H3/t24-/m1/s1. The molecule has 1 saturated heterocycles. The van der Waals surface area contributed by atoms with E-state index in [9.17, 15) is 14.3 Å². The Hall–Kier alpha value is -2.83. The zero-order valence-electron chi connectivity index (χ0n) is 18.3. The van der Waals surface area contributed by atoms with Crippen LogP contribution >= 0.6 is 11.6 Å². The van der Waals surface area contributed by atoms with E-state index >= 15 is 0 Å². The molecule has 0 amide bonds. The van der Waals surface area contributed by atoms with Gasteiger partial charge in [-0.05, 0) is 49.7 Å². The van der Waals surface area contributed by atoms with E-state index in [0.717, 1.165) is 11.3 Å². The predicted octanol–water partition coefficient (Wildman–Crippen LogP) is 4.59. The van der Waals surface area contributed by atoms with Gasteiger partial charge in [0.05, 0.1) is 17.3 Å². The zero-order chi connectivity index (χ0) is 22.8. The molecule has 1 fully saturated rings. The van der Waals surface area contributed by atoms with Gasteiger partial charge >= 0.3 is 0 Å². The Morgan fingerprint density at radius 2 is 1.72 bits per heavy atom. The van der Waals surface area contributed by atoms with Crippen molar-refractivity contribution in [2.24, 2.45) is 0 Å². The van der Waals surface area contributed by atoms with E-state index in [0.29, 0.717) is 49.0 Å². The number of aromatic nitrogens is 1. The van der Waals surface area contributed by atoms with Gasteiger partial charge in [0.1, 0.15) is 11.6 Å². The van der Waals surface area contributed by atoms with Gasteiger partial charge in [0.2, 0.25) is 0 Å². The molecular formula is C25H27ClFN3O2. The molecule has 1 N–H and O–H groups in total. The third kappa shape index (κ3) is 4.25. The van der Waals surface area contributed by atoms with Gasteiger partial charge < -0.3 is 14.6 Å². The third-order valence-electron chi connectivity index (χ3n) is 6.17. The van der Waals surface area contributed by atoms with E-state index in [4.69, 9.17) is 11.6 Å². The first-order valence-electron chi connectivity index (χ1n) is 10.8. The lowest BCUT2D eigenvalue weighted by molar-refractivity contribution is 0.207. The Morgan fingerprint density at radius 1 is 1.06 bits per heavy atom. The second kappa shape index (κ2) is 9.35. The number of anilines is 1. The van der Waals surface area contributed by atoms with Gasteiger partial charge in [-0.15, -0.1) is 0 Å². The summed E-state index contributed by atoms with van der Waals surface area (Å²) in [7, 11) is 0. The van der Waals surface area contributed by atoms with Crippen molar-refractivity contribution in [1.29, 1.82) is 0 Å². The maximum absolute atomic E-state index is 14.3. The Morgan fingerprint density at radius 3 is 2.34 bits per heavy atom. The molecule has 168 valence electrons. The summed E-state index contributed by atoms with van der Waals surface area (Å²) in [4.78, 5) is 17.6. The summed E-state index contributed by atoms with van der Waals surface area (Å²) in [5.41, 5.74) is 2.35. The Kier molecular flexibility index (Phi) is 6.53. The lowest BCUT2D eigenvalue weighted by Crippen LogP contribution is -2.49. The van der Waals surface area contributed by atoms with E-state index < -0.39 is 6.04 Å². The van der Waals surface area contributed by atoms with Crippen molar-refractivity contribution in [1.82, 2.24) is 9.47 Å². The second-order valence-electron chi connectivity index (χ2n) is 8.06. The van der Waals surface area contributed by atoms with Crippen LogP contribution in [0.25, 0.3) is 0 Å². The van der Waals surface area contributed by atoms with Crippen LogP contribution < -0.4 is 10.5 Å². The molecule has 2 heterocycles. The number of pyridine rings is 1. The number of hydrogen-bond donors (Lipinski definition) is 1. The van der Waals surface area contributed by atoms with Gasteiger partial charge in [0, 0.05) is 43.4 Å². The number of halogens is 2. The molecule has 3 aromatic rings. The van der Waals surface area contributed by atoms with Crippen LogP contribution in [0.5, 0.6) is 5.75 Å². The quantitative estimate of drug-likeness (QED) is 0.611. The number of piperazine rings is 1. The highest BCUT2D eigenvalue weighted by Crippen LogP contribution is 2.34. The number of benzene rings is 2. The maximum Gasteiger partial charge on any atom is 0.259 e. The molecule has 1 aromatic heterocycles. The normalized spacial score (nSPS) is 15.7. The summed E-state index contributed by atoms with van der Waals surface area (Å²) in [6, 6.07) is 15.4. The van der Waals surface area contributed by atoms with Gasteiger partial charge in [0.25, 0.3) is 5.56 Å². The minimum Gasteiger partial charge on any atom is -0.507 e. The number of hydrogen-bond acceptors (Lipinski definition) is 4. The van der Waals surface area contributed by atoms with Gasteiger partial charge in [-0.2, -0.15) is 0 Å². The lowest BCUT2D eigenvalue weighted by atomic mass is 9.96. The minimum absolute atomic E-state index is 0.00585. The SMILES string of the molecule is CCn1c(C)cc(O)c([C@@H](c2ccc(Cl)cc2)N2CCN(c3ccccc3F)CC2)c1=O. The van der Waals surface area contributed by atoms with Crippen molar-refractivity contribution in [3.8, 4) is 5.75 Å². The maximum atomic E-state index is 14.3. The van der Waals surface area contributed by atoms with Crippen molar-refractivity contribution >= 4 is 17.3 Å². The highest BCUT2D eigenvalue weighted by Gasteiger charge is 2.31. The van der Waals surface area contributed by atoms with Crippen molar-refractivity contribution in [2.75, 3.05) is 31.1 Å². The fourth-order valence-electron chi connectivity index (χ4n) is 4.55. The molecule has 1 aliphatic heterocycles. The summed E-state index contributed by atoms with van der Waals surface area (Å²) < 4.78 is 16.0. The summed E-state index contributed by atoms with van der Waals surface area (Å²) in [5, 5.41) is 11.5. The van der Waals surface area contributed by atoms with Crippen LogP contribution in [0.3, 0.4) is 0 Å². The summed E-state index contributed by atoms with van der Waals surface area (Å²) in [6.07, 6.45) is 0. The molecular weight excluding hydrogens is 429 g/mol. The highest BCUT2D eigenvalue weighted by molar-refractivity contribution is 6.30. The van der Waals surface area contributed by atoms with Crippen molar-refractivity contribution < 1.29 is 9.50 Å². The molecule has 4 rings (SSSR count). The van der Waals surface area contributed by atoms with E-state index in [1.807, 2.05) is 36.9 Å². The molecule has 0 spiro atoms. The molecule has 0 unspecified atom stereocenters. The fraction of sp³-hybridized carbons (Fsp3) is 0.320. The number of aromatic hydroxyl groups is 1. The molecule has 32 heavy (non-hydrogen) atoms. The van der Waals surface area contributed by atoms with E-state index in [-0.39, 0.29) is 17.1 Å². The summed E-state index contributed by atoms with van der Waals surface area (Å²) >= 11 is 6.11. The van der Waals surface area contributed by atoms with Crippen LogP contribution in [-0.4, -0.2) is 40.8 Å². The first kappa shape index (κ1) is 22.4. The molecule has 0 aliphatic carbocycles. The fourth-order valence-corrected chi connectivity index (χ4v) is 4.68. The topological polar surface area (TPSA) is 48.7 Å². The van der Waals surface area contributed by atoms with E-state index in [2.05, 4.69) is 4.90 Å². The van der Waals surface area contributed by atoms with E-state index in [1.54, 1.807) is 34.9 Å². The molecule has 0 bridgehead atoms.